The molecule has 0 aliphatic carbocycles. The number of imidazole rings is 1. The topological polar surface area (TPSA) is 88.0 Å². The standard InChI is InChI=1S/C18H23N5O2/c1-13(14-5-7-15(8-6-14)23-11-10-19-12-23)21-18(25)22-16-4-2-3-9-20-17(16)24/h5-8,10-13,16H,2-4,9H2,1H3,(H,20,24)(H2,21,22,25)/t13-,16+/m1/s1. The van der Waals surface area contributed by atoms with Crippen molar-refractivity contribution in [2.45, 2.75) is 38.3 Å². The van der Waals surface area contributed by atoms with Crippen LogP contribution in [0.3, 0.4) is 0 Å². The lowest BCUT2D eigenvalue weighted by Gasteiger charge is -2.19. The second kappa shape index (κ2) is 7.83. The molecule has 3 amide bonds. The number of carbonyl (C=O) groups excluding carboxylic acids is 2. The Labute approximate surface area is 146 Å². The second-order valence-corrected chi connectivity index (χ2v) is 6.24. The number of benzene rings is 1. The van der Waals surface area contributed by atoms with E-state index in [0.717, 1.165) is 24.1 Å². The monoisotopic (exact) mass is 341 g/mol. The van der Waals surface area contributed by atoms with Gasteiger partial charge in [-0.05, 0) is 43.9 Å². The molecule has 132 valence electrons. The highest BCUT2D eigenvalue weighted by Crippen LogP contribution is 2.15. The molecular weight excluding hydrogens is 318 g/mol. The summed E-state index contributed by atoms with van der Waals surface area (Å²) in [7, 11) is 0. The maximum absolute atomic E-state index is 12.2. The lowest BCUT2D eigenvalue weighted by atomic mass is 10.1. The van der Waals surface area contributed by atoms with Crippen molar-refractivity contribution >= 4 is 11.9 Å². The fourth-order valence-electron chi connectivity index (χ4n) is 2.90. The van der Waals surface area contributed by atoms with Crippen molar-refractivity contribution in [3.05, 3.63) is 48.5 Å². The molecule has 0 saturated carbocycles. The molecule has 0 radical (unpaired) electrons. The second-order valence-electron chi connectivity index (χ2n) is 6.24. The van der Waals surface area contributed by atoms with Crippen LogP contribution in [0, 0.1) is 0 Å². The molecule has 0 bridgehead atoms. The van der Waals surface area contributed by atoms with Crippen LogP contribution in [0.15, 0.2) is 43.0 Å². The van der Waals surface area contributed by atoms with Gasteiger partial charge in [-0.2, -0.15) is 0 Å². The zero-order valence-corrected chi connectivity index (χ0v) is 14.2. The molecule has 25 heavy (non-hydrogen) atoms. The van der Waals surface area contributed by atoms with E-state index in [1.807, 2.05) is 42.0 Å². The van der Waals surface area contributed by atoms with Gasteiger partial charge in [0, 0.05) is 24.6 Å². The minimum atomic E-state index is -0.460. The van der Waals surface area contributed by atoms with Gasteiger partial charge < -0.3 is 20.5 Å². The average molecular weight is 341 g/mol. The fraction of sp³-hybridized carbons (Fsp3) is 0.389. The zero-order valence-electron chi connectivity index (χ0n) is 14.2. The van der Waals surface area contributed by atoms with Crippen LogP contribution in [0.5, 0.6) is 0 Å². The van der Waals surface area contributed by atoms with Gasteiger partial charge in [-0.1, -0.05) is 12.1 Å². The zero-order chi connectivity index (χ0) is 17.6. The van der Waals surface area contributed by atoms with Crippen LogP contribution in [0.1, 0.15) is 37.8 Å². The minimum absolute atomic E-state index is 0.106. The molecule has 1 aromatic carbocycles. The number of carbonyl (C=O) groups is 2. The third-order valence-electron chi connectivity index (χ3n) is 4.38. The summed E-state index contributed by atoms with van der Waals surface area (Å²) in [4.78, 5) is 28.1. The molecule has 2 aromatic rings. The normalized spacial score (nSPS) is 18.8. The summed E-state index contributed by atoms with van der Waals surface area (Å²) in [6.45, 7) is 2.59. The van der Waals surface area contributed by atoms with Crippen molar-refractivity contribution in [2.24, 2.45) is 0 Å². The summed E-state index contributed by atoms with van der Waals surface area (Å²) < 4.78 is 1.92. The Morgan fingerprint density at radius 1 is 1.32 bits per heavy atom. The van der Waals surface area contributed by atoms with E-state index in [-0.39, 0.29) is 18.0 Å². The molecule has 7 nitrogen and oxygen atoms in total. The summed E-state index contributed by atoms with van der Waals surface area (Å²) in [5.74, 6) is -0.106. The first-order valence-corrected chi connectivity index (χ1v) is 8.56. The van der Waals surface area contributed by atoms with Crippen LogP contribution < -0.4 is 16.0 Å². The van der Waals surface area contributed by atoms with Crippen molar-refractivity contribution in [1.29, 1.82) is 0 Å². The van der Waals surface area contributed by atoms with Crippen molar-refractivity contribution < 1.29 is 9.59 Å². The highest BCUT2D eigenvalue weighted by Gasteiger charge is 2.22. The number of hydrogen-bond acceptors (Lipinski definition) is 3. The molecule has 1 fully saturated rings. The van der Waals surface area contributed by atoms with Gasteiger partial charge in [0.05, 0.1) is 12.4 Å². The highest BCUT2D eigenvalue weighted by atomic mass is 16.2. The predicted octanol–water partition coefficient (Wildman–Crippen LogP) is 1.90. The smallest absolute Gasteiger partial charge is 0.315 e. The molecule has 0 unspecified atom stereocenters. The molecule has 0 spiro atoms. The lowest BCUT2D eigenvalue weighted by molar-refractivity contribution is -0.122. The Morgan fingerprint density at radius 3 is 2.84 bits per heavy atom. The van der Waals surface area contributed by atoms with E-state index in [0.29, 0.717) is 13.0 Å². The lowest BCUT2D eigenvalue weighted by Crippen LogP contribution is -2.49. The average Bonchev–Trinajstić information content (AvgIpc) is 3.07. The summed E-state index contributed by atoms with van der Waals surface area (Å²) in [6.07, 6.45) is 7.89. The van der Waals surface area contributed by atoms with Crippen LogP contribution >= 0.6 is 0 Å². The minimum Gasteiger partial charge on any atom is -0.354 e. The molecule has 1 aliphatic rings. The number of urea groups is 1. The Hall–Kier alpha value is -2.83. The first kappa shape index (κ1) is 17.0. The summed E-state index contributed by atoms with van der Waals surface area (Å²) >= 11 is 0. The van der Waals surface area contributed by atoms with Crippen molar-refractivity contribution in [2.75, 3.05) is 6.54 Å². The molecular formula is C18H23N5O2. The first-order chi connectivity index (χ1) is 12.1. The number of hydrogen-bond donors (Lipinski definition) is 3. The molecule has 1 aromatic heterocycles. The highest BCUT2D eigenvalue weighted by molar-refractivity contribution is 5.87. The maximum Gasteiger partial charge on any atom is 0.315 e. The van der Waals surface area contributed by atoms with E-state index in [9.17, 15) is 9.59 Å². The van der Waals surface area contributed by atoms with E-state index in [2.05, 4.69) is 20.9 Å². The predicted molar refractivity (Wildman–Crippen MR) is 94.3 cm³/mol. The molecule has 1 aliphatic heterocycles. The molecule has 3 rings (SSSR count). The summed E-state index contributed by atoms with van der Waals surface area (Å²) in [6, 6.07) is 6.95. The van der Waals surface area contributed by atoms with E-state index >= 15 is 0 Å². The van der Waals surface area contributed by atoms with E-state index in [1.54, 1.807) is 12.5 Å². The van der Waals surface area contributed by atoms with Crippen LogP contribution in [-0.4, -0.2) is 34.1 Å². The number of nitrogens with one attached hydrogen (secondary N) is 3. The van der Waals surface area contributed by atoms with Gasteiger partial charge in [-0.3, -0.25) is 4.79 Å². The van der Waals surface area contributed by atoms with Crippen LogP contribution in [0.4, 0.5) is 4.79 Å². The van der Waals surface area contributed by atoms with Gasteiger partial charge in [-0.25, -0.2) is 9.78 Å². The Bertz CT molecular complexity index is 712. The quantitative estimate of drug-likeness (QED) is 0.794. The SMILES string of the molecule is C[C@@H](NC(=O)N[C@H]1CCCCNC1=O)c1ccc(-n2ccnc2)cc1. The van der Waals surface area contributed by atoms with Crippen molar-refractivity contribution in [3.63, 3.8) is 0 Å². The summed E-state index contributed by atoms with van der Waals surface area (Å²) in [5.41, 5.74) is 2.00. The van der Waals surface area contributed by atoms with Gasteiger partial charge in [0.2, 0.25) is 5.91 Å². The van der Waals surface area contributed by atoms with Crippen molar-refractivity contribution in [3.8, 4) is 5.69 Å². The number of aromatic nitrogens is 2. The Balaban J connectivity index is 1.56. The van der Waals surface area contributed by atoms with Crippen LogP contribution in [-0.2, 0) is 4.79 Å². The molecule has 3 N–H and O–H groups in total. The third-order valence-corrected chi connectivity index (χ3v) is 4.38. The third kappa shape index (κ3) is 4.37. The summed E-state index contributed by atoms with van der Waals surface area (Å²) in [5, 5.41) is 8.47. The Morgan fingerprint density at radius 2 is 2.12 bits per heavy atom. The molecule has 7 heteroatoms. The van der Waals surface area contributed by atoms with Gasteiger partial charge in [0.1, 0.15) is 6.04 Å². The molecule has 1 saturated heterocycles. The van der Waals surface area contributed by atoms with Gasteiger partial charge in [0.25, 0.3) is 0 Å². The van der Waals surface area contributed by atoms with Gasteiger partial charge in [-0.15, -0.1) is 0 Å². The number of nitrogens with zero attached hydrogens (tertiary/aromatic N) is 2. The Kier molecular flexibility index (Phi) is 5.33. The largest absolute Gasteiger partial charge is 0.354 e. The fourth-order valence-corrected chi connectivity index (χ4v) is 2.90. The maximum atomic E-state index is 12.2. The van der Waals surface area contributed by atoms with E-state index in [4.69, 9.17) is 0 Å². The molecule has 2 atom stereocenters. The van der Waals surface area contributed by atoms with Crippen LogP contribution in [0.25, 0.3) is 5.69 Å². The van der Waals surface area contributed by atoms with E-state index in [1.165, 1.54) is 0 Å². The first-order valence-electron chi connectivity index (χ1n) is 8.56. The van der Waals surface area contributed by atoms with E-state index < -0.39 is 6.04 Å². The van der Waals surface area contributed by atoms with Gasteiger partial charge >= 0.3 is 6.03 Å². The molecule has 2 heterocycles. The number of rotatable bonds is 4. The number of amides is 3. The van der Waals surface area contributed by atoms with Crippen LogP contribution in [0.2, 0.25) is 0 Å². The van der Waals surface area contributed by atoms with Gasteiger partial charge in [0.15, 0.2) is 0 Å². The van der Waals surface area contributed by atoms with Crippen molar-refractivity contribution in [1.82, 2.24) is 25.5 Å².